The lowest BCUT2D eigenvalue weighted by Crippen LogP contribution is -2.09. The molecular formula is C13H18N4O. The molecule has 0 bridgehead atoms. The molecule has 0 fully saturated rings. The van der Waals surface area contributed by atoms with Gasteiger partial charge < -0.3 is 10.3 Å². The van der Waals surface area contributed by atoms with Crippen LogP contribution in [0, 0.1) is 13.8 Å². The summed E-state index contributed by atoms with van der Waals surface area (Å²) in [5.74, 6) is 1.07. The molecule has 0 spiro atoms. The Bertz CT molecular complexity index is 515. The highest BCUT2D eigenvalue weighted by molar-refractivity contribution is 5.55. The van der Waals surface area contributed by atoms with Gasteiger partial charge in [-0.15, -0.1) is 0 Å². The van der Waals surface area contributed by atoms with E-state index in [4.69, 9.17) is 10.3 Å². The first-order chi connectivity index (χ1) is 8.60. The lowest BCUT2D eigenvalue weighted by atomic mass is 10.1. The van der Waals surface area contributed by atoms with E-state index in [1.54, 1.807) is 0 Å². The minimum atomic E-state index is -0.180. The van der Waals surface area contributed by atoms with E-state index in [-0.39, 0.29) is 6.04 Å². The van der Waals surface area contributed by atoms with Gasteiger partial charge in [0, 0.05) is 17.0 Å². The molecule has 5 nitrogen and oxygen atoms in total. The number of aromatic nitrogens is 3. The van der Waals surface area contributed by atoms with E-state index in [1.807, 2.05) is 26.0 Å². The molecule has 0 aliphatic rings. The molecule has 1 unspecified atom stereocenters. The summed E-state index contributed by atoms with van der Waals surface area (Å²) in [6.07, 6.45) is 1.84. The molecule has 2 N–H and O–H groups in total. The molecule has 1 atom stereocenters. The summed E-state index contributed by atoms with van der Waals surface area (Å²) in [6.45, 7) is 5.97. The number of nitrogens with zero attached hydrogens (tertiary/aromatic N) is 3. The Labute approximate surface area is 106 Å². The second kappa shape index (κ2) is 5.27. The van der Waals surface area contributed by atoms with Crippen molar-refractivity contribution in [1.29, 1.82) is 0 Å². The quantitative estimate of drug-likeness (QED) is 0.896. The maximum Gasteiger partial charge on any atom is 0.243 e. The van der Waals surface area contributed by atoms with Gasteiger partial charge in [-0.1, -0.05) is 18.5 Å². The summed E-state index contributed by atoms with van der Waals surface area (Å²) in [4.78, 5) is 8.67. The van der Waals surface area contributed by atoms with Gasteiger partial charge in [-0.25, -0.2) is 0 Å². The van der Waals surface area contributed by atoms with Crippen LogP contribution in [0.5, 0.6) is 0 Å². The third-order valence-electron chi connectivity index (χ3n) is 2.70. The van der Waals surface area contributed by atoms with Crippen LogP contribution in [-0.4, -0.2) is 15.1 Å². The van der Waals surface area contributed by atoms with Crippen molar-refractivity contribution in [3.8, 4) is 11.4 Å². The van der Waals surface area contributed by atoms with Crippen molar-refractivity contribution in [2.24, 2.45) is 5.73 Å². The molecule has 2 heterocycles. The number of pyridine rings is 1. The smallest absolute Gasteiger partial charge is 0.243 e. The van der Waals surface area contributed by atoms with Crippen LogP contribution in [0.3, 0.4) is 0 Å². The van der Waals surface area contributed by atoms with Crippen molar-refractivity contribution in [2.45, 2.75) is 39.7 Å². The minimum absolute atomic E-state index is 0.180. The molecule has 2 aromatic rings. The van der Waals surface area contributed by atoms with Crippen molar-refractivity contribution in [3.05, 3.63) is 29.4 Å². The van der Waals surface area contributed by atoms with Crippen LogP contribution >= 0.6 is 0 Å². The largest absolute Gasteiger partial charge is 0.337 e. The van der Waals surface area contributed by atoms with E-state index in [0.29, 0.717) is 11.7 Å². The standard InChI is InChI=1S/C13H18N4O/c1-4-5-11(14)13-16-12(17-18-13)10-6-8(2)15-9(3)7-10/h6-7,11H,4-5,14H2,1-3H3. The van der Waals surface area contributed by atoms with E-state index in [9.17, 15) is 0 Å². The topological polar surface area (TPSA) is 77.8 Å². The molecule has 0 saturated heterocycles. The van der Waals surface area contributed by atoms with Gasteiger partial charge in [-0.3, -0.25) is 4.98 Å². The first-order valence-corrected chi connectivity index (χ1v) is 6.15. The number of rotatable bonds is 4. The maximum atomic E-state index is 5.95. The molecular weight excluding hydrogens is 228 g/mol. The molecule has 5 heteroatoms. The van der Waals surface area contributed by atoms with Gasteiger partial charge in [0.1, 0.15) is 0 Å². The molecule has 18 heavy (non-hydrogen) atoms. The molecule has 0 radical (unpaired) electrons. The molecule has 2 aromatic heterocycles. The zero-order valence-electron chi connectivity index (χ0n) is 11.0. The SMILES string of the molecule is CCCC(N)c1nc(-c2cc(C)nc(C)c2)no1. The van der Waals surface area contributed by atoms with Crippen molar-refractivity contribution < 1.29 is 4.52 Å². The zero-order valence-corrected chi connectivity index (χ0v) is 11.0. The highest BCUT2D eigenvalue weighted by Gasteiger charge is 2.15. The summed E-state index contributed by atoms with van der Waals surface area (Å²) in [6, 6.07) is 3.69. The Kier molecular flexibility index (Phi) is 3.72. The van der Waals surface area contributed by atoms with Crippen LogP contribution in [0.15, 0.2) is 16.7 Å². The predicted molar refractivity (Wildman–Crippen MR) is 68.8 cm³/mol. The Morgan fingerprint density at radius 3 is 2.50 bits per heavy atom. The monoisotopic (exact) mass is 246 g/mol. The van der Waals surface area contributed by atoms with Gasteiger partial charge in [-0.2, -0.15) is 4.98 Å². The summed E-state index contributed by atoms with van der Waals surface area (Å²) in [5.41, 5.74) is 8.74. The van der Waals surface area contributed by atoms with E-state index >= 15 is 0 Å². The van der Waals surface area contributed by atoms with Gasteiger partial charge in [0.25, 0.3) is 0 Å². The van der Waals surface area contributed by atoms with Gasteiger partial charge in [0.05, 0.1) is 6.04 Å². The second-order valence-electron chi connectivity index (χ2n) is 4.49. The van der Waals surface area contributed by atoms with Crippen molar-refractivity contribution in [3.63, 3.8) is 0 Å². The Morgan fingerprint density at radius 1 is 1.22 bits per heavy atom. The maximum absolute atomic E-state index is 5.95. The van der Waals surface area contributed by atoms with Gasteiger partial charge >= 0.3 is 0 Å². The molecule has 0 aliphatic carbocycles. The molecule has 0 aromatic carbocycles. The van der Waals surface area contributed by atoms with Gasteiger partial charge in [-0.05, 0) is 32.4 Å². The fourth-order valence-electron chi connectivity index (χ4n) is 1.90. The second-order valence-corrected chi connectivity index (χ2v) is 4.49. The van der Waals surface area contributed by atoms with E-state index in [1.165, 1.54) is 0 Å². The normalized spacial score (nSPS) is 12.7. The van der Waals surface area contributed by atoms with Crippen LogP contribution in [-0.2, 0) is 0 Å². The average molecular weight is 246 g/mol. The van der Waals surface area contributed by atoms with Crippen LogP contribution in [0.25, 0.3) is 11.4 Å². The zero-order chi connectivity index (χ0) is 13.1. The molecule has 0 aliphatic heterocycles. The Hall–Kier alpha value is -1.75. The highest BCUT2D eigenvalue weighted by atomic mass is 16.5. The van der Waals surface area contributed by atoms with E-state index in [0.717, 1.165) is 29.8 Å². The third-order valence-corrected chi connectivity index (χ3v) is 2.70. The summed E-state index contributed by atoms with van der Waals surface area (Å²) >= 11 is 0. The summed E-state index contributed by atoms with van der Waals surface area (Å²) in [5, 5.41) is 3.98. The highest BCUT2D eigenvalue weighted by Crippen LogP contribution is 2.20. The number of aryl methyl sites for hydroxylation is 2. The van der Waals surface area contributed by atoms with Crippen molar-refractivity contribution in [1.82, 2.24) is 15.1 Å². The van der Waals surface area contributed by atoms with Crippen LogP contribution in [0.2, 0.25) is 0 Å². The lowest BCUT2D eigenvalue weighted by molar-refractivity contribution is 0.348. The minimum Gasteiger partial charge on any atom is -0.337 e. The fourth-order valence-corrected chi connectivity index (χ4v) is 1.90. The van der Waals surface area contributed by atoms with Crippen LogP contribution in [0.1, 0.15) is 43.1 Å². The van der Waals surface area contributed by atoms with Gasteiger partial charge in [0.2, 0.25) is 11.7 Å². The fraction of sp³-hybridized carbons (Fsp3) is 0.462. The number of hydrogen-bond acceptors (Lipinski definition) is 5. The molecule has 0 saturated carbocycles. The van der Waals surface area contributed by atoms with Crippen LogP contribution < -0.4 is 5.73 Å². The van der Waals surface area contributed by atoms with Gasteiger partial charge in [0.15, 0.2) is 0 Å². The molecule has 96 valence electrons. The van der Waals surface area contributed by atoms with Crippen molar-refractivity contribution in [2.75, 3.05) is 0 Å². The average Bonchev–Trinajstić information content (AvgIpc) is 2.77. The lowest BCUT2D eigenvalue weighted by Gasteiger charge is -2.02. The summed E-state index contributed by atoms with van der Waals surface area (Å²) < 4.78 is 5.21. The van der Waals surface area contributed by atoms with E-state index in [2.05, 4.69) is 22.0 Å². The Morgan fingerprint density at radius 2 is 1.89 bits per heavy atom. The van der Waals surface area contributed by atoms with Crippen LogP contribution in [0.4, 0.5) is 0 Å². The van der Waals surface area contributed by atoms with E-state index < -0.39 is 0 Å². The number of hydrogen-bond donors (Lipinski definition) is 1. The summed E-state index contributed by atoms with van der Waals surface area (Å²) in [7, 11) is 0. The first kappa shape index (κ1) is 12.7. The van der Waals surface area contributed by atoms with Crippen molar-refractivity contribution >= 4 is 0 Å². The molecule has 2 rings (SSSR count). The third kappa shape index (κ3) is 2.73. The first-order valence-electron chi connectivity index (χ1n) is 6.15. The molecule has 0 amide bonds. The Balaban J connectivity index is 2.29. The number of nitrogens with two attached hydrogens (primary N) is 1. The predicted octanol–water partition coefficient (Wildman–Crippen LogP) is 2.55.